The second kappa shape index (κ2) is 7.75. The smallest absolute Gasteiger partial charge is 0.0230 e. The molecule has 0 atom stereocenters. The maximum Gasteiger partial charge on any atom is 0.0230 e. The lowest BCUT2D eigenvalue weighted by atomic mass is 10.2. The summed E-state index contributed by atoms with van der Waals surface area (Å²) in [5, 5.41) is 0. The predicted molar refractivity (Wildman–Crippen MR) is 73.8 cm³/mol. The van der Waals surface area contributed by atoms with Gasteiger partial charge in [0, 0.05) is 18.0 Å². The van der Waals surface area contributed by atoms with E-state index in [1.165, 1.54) is 42.8 Å². The average molecular weight is 237 g/mol. The Hall–Kier alpha value is -0.470. The fourth-order valence-corrected chi connectivity index (χ4v) is 2.70. The normalized spacial score (nSPS) is 16.4. The monoisotopic (exact) mass is 237 g/mol. The maximum absolute atomic E-state index is 2.48. The van der Waals surface area contributed by atoms with Crippen LogP contribution in [0.1, 0.15) is 38.7 Å². The number of nitrogens with zero attached hydrogens (tertiary/aromatic N) is 1. The molecule has 2 rings (SSSR count). The van der Waals surface area contributed by atoms with Crippen LogP contribution in [0.15, 0.2) is 29.2 Å². The molecule has 0 unspecified atom stereocenters. The number of hydrogen-bond acceptors (Lipinski definition) is 2. The van der Waals surface area contributed by atoms with Gasteiger partial charge in [0.25, 0.3) is 0 Å². The topological polar surface area (TPSA) is 3.24 Å². The summed E-state index contributed by atoms with van der Waals surface area (Å²) in [6.45, 7) is 8.63. The molecule has 1 aromatic carbocycles. The van der Waals surface area contributed by atoms with Crippen molar-refractivity contribution >= 4 is 11.9 Å². The van der Waals surface area contributed by atoms with Gasteiger partial charge in [-0.25, -0.2) is 4.31 Å². The van der Waals surface area contributed by atoms with Gasteiger partial charge < -0.3 is 0 Å². The van der Waals surface area contributed by atoms with E-state index < -0.39 is 0 Å². The SMILES string of the molecule is CC.Cc1ccc(SN2CCCCC2)cc1. The van der Waals surface area contributed by atoms with Crippen LogP contribution in [0.2, 0.25) is 0 Å². The van der Waals surface area contributed by atoms with Crippen molar-refractivity contribution in [1.29, 1.82) is 0 Å². The van der Waals surface area contributed by atoms with Gasteiger partial charge in [0.05, 0.1) is 0 Å². The lowest BCUT2D eigenvalue weighted by Crippen LogP contribution is -2.22. The molecule has 16 heavy (non-hydrogen) atoms. The van der Waals surface area contributed by atoms with Crippen LogP contribution in [0, 0.1) is 6.92 Å². The molecular weight excluding hydrogens is 214 g/mol. The number of hydrogen-bond donors (Lipinski definition) is 0. The summed E-state index contributed by atoms with van der Waals surface area (Å²) in [6, 6.07) is 8.81. The highest BCUT2D eigenvalue weighted by Crippen LogP contribution is 2.25. The number of benzene rings is 1. The average Bonchev–Trinajstić information content (AvgIpc) is 2.36. The fraction of sp³-hybridized carbons (Fsp3) is 0.571. The van der Waals surface area contributed by atoms with Crippen molar-refractivity contribution in [3.05, 3.63) is 29.8 Å². The van der Waals surface area contributed by atoms with E-state index >= 15 is 0 Å². The van der Waals surface area contributed by atoms with Gasteiger partial charge in [-0.15, -0.1) is 0 Å². The van der Waals surface area contributed by atoms with Crippen LogP contribution >= 0.6 is 11.9 Å². The highest BCUT2D eigenvalue weighted by atomic mass is 32.2. The Morgan fingerprint density at radius 2 is 1.50 bits per heavy atom. The second-order valence-electron chi connectivity index (χ2n) is 3.89. The van der Waals surface area contributed by atoms with Crippen molar-refractivity contribution in [3.63, 3.8) is 0 Å². The number of piperidine rings is 1. The molecule has 0 aliphatic carbocycles. The quantitative estimate of drug-likeness (QED) is 0.696. The third-order valence-electron chi connectivity index (χ3n) is 2.57. The molecule has 0 amide bonds. The second-order valence-corrected chi connectivity index (χ2v) is 5.06. The lowest BCUT2D eigenvalue weighted by molar-refractivity contribution is 0.380. The summed E-state index contributed by atoms with van der Waals surface area (Å²) in [5.41, 5.74) is 1.34. The predicted octanol–water partition coefficient (Wildman–Crippen LogP) is 4.51. The van der Waals surface area contributed by atoms with Gasteiger partial charge in [-0.05, 0) is 43.8 Å². The zero-order chi connectivity index (χ0) is 11.8. The van der Waals surface area contributed by atoms with E-state index in [4.69, 9.17) is 0 Å². The van der Waals surface area contributed by atoms with Crippen molar-refractivity contribution in [2.75, 3.05) is 13.1 Å². The first-order valence-corrected chi connectivity index (χ1v) is 7.11. The molecule has 0 radical (unpaired) electrons. The van der Waals surface area contributed by atoms with E-state index in [-0.39, 0.29) is 0 Å². The molecule has 90 valence electrons. The molecule has 1 saturated heterocycles. The molecule has 1 aromatic rings. The highest BCUT2D eigenvalue weighted by molar-refractivity contribution is 7.97. The molecule has 0 spiro atoms. The first-order chi connectivity index (χ1) is 7.84. The molecule has 0 bridgehead atoms. The van der Waals surface area contributed by atoms with Crippen molar-refractivity contribution in [3.8, 4) is 0 Å². The molecule has 1 fully saturated rings. The zero-order valence-electron chi connectivity index (χ0n) is 10.7. The number of rotatable bonds is 2. The molecule has 0 saturated carbocycles. The minimum Gasteiger partial charge on any atom is -0.246 e. The standard InChI is InChI=1S/C12H17NS.C2H6/c1-11-5-7-12(8-6-11)14-13-9-3-2-4-10-13;1-2/h5-8H,2-4,9-10H2,1H3;1-2H3. The minimum absolute atomic E-state index is 1.25. The van der Waals surface area contributed by atoms with Crippen LogP contribution in [0.25, 0.3) is 0 Å². The van der Waals surface area contributed by atoms with Crippen LogP contribution in [0.4, 0.5) is 0 Å². The van der Waals surface area contributed by atoms with E-state index in [1.54, 1.807) is 0 Å². The molecule has 1 aliphatic rings. The summed E-state index contributed by atoms with van der Waals surface area (Å²) in [4.78, 5) is 1.37. The van der Waals surface area contributed by atoms with Gasteiger partial charge >= 0.3 is 0 Å². The van der Waals surface area contributed by atoms with E-state index in [1.807, 2.05) is 25.8 Å². The molecule has 1 aliphatic heterocycles. The van der Waals surface area contributed by atoms with Gasteiger partial charge in [-0.3, -0.25) is 0 Å². The molecule has 1 heterocycles. The number of aryl methyl sites for hydroxylation is 1. The van der Waals surface area contributed by atoms with Gasteiger partial charge in [0.15, 0.2) is 0 Å². The van der Waals surface area contributed by atoms with Gasteiger partial charge in [0.1, 0.15) is 0 Å². The van der Waals surface area contributed by atoms with Crippen LogP contribution in [-0.4, -0.2) is 17.4 Å². The largest absolute Gasteiger partial charge is 0.246 e. The Labute approximate surface area is 104 Å². The summed E-state index contributed by atoms with van der Waals surface area (Å²) in [6.07, 6.45) is 4.13. The van der Waals surface area contributed by atoms with Crippen molar-refractivity contribution < 1.29 is 0 Å². The minimum atomic E-state index is 1.25. The summed E-state index contributed by atoms with van der Waals surface area (Å²) in [7, 11) is 0. The Kier molecular flexibility index (Phi) is 6.58. The third kappa shape index (κ3) is 4.58. The van der Waals surface area contributed by atoms with Gasteiger partial charge in [0.2, 0.25) is 0 Å². The van der Waals surface area contributed by atoms with E-state index in [9.17, 15) is 0 Å². The first kappa shape index (κ1) is 13.6. The maximum atomic E-state index is 2.48. The van der Waals surface area contributed by atoms with Crippen molar-refractivity contribution in [2.24, 2.45) is 0 Å². The molecule has 1 nitrogen and oxygen atoms in total. The van der Waals surface area contributed by atoms with E-state index in [0.717, 1.165) is 0 Å². The lowest BCUT2D eigenvalue weighted by Gasteiger charge is -2.24. The summed E-state index contributed by atoms with van der Waals surface area (Å²) >= 11 is 1.91. The van der Waals surface area contributed by atoms with Crippen molar-refractivity contribution in [1.82, 2.24) is 4.31 Å². The van der Waals surface area contributed by atoms with Crippen LogP contribution in [-0.2, 0) is 0 Å². The molecule has 2 heteroatoms. The molecule has 0 aromatic heterocycles. The molecule has 0 N–H and O–H groups in total. The zero-order valence-corrected chi connectivity index (χ0v) is 11.5. The Balaban J connectivity index is 0.000000606. The van der Waals surface area contributed by atoms with Gasteiger partial charge in [-0.2, -0.15) is 0 Å². The highest BCUT2D eigenvalue weighted by Gasteiger charge is 2.10. The van der Waals surface area contributed by atoms with Crippen molar-refractivity contribution in [2.45, 2.75) is 44.9 Å². The van der Waals surface area contributed by atoms with Crippen LogP contribution in [0.3, 0.4) is 0 Å². The van der Waals surface area contributed by atoms with Crippen LogP contribution < -0.4 is 0 Å². The van der Waals surface area contributed by atoms with E-state index in [2.05, 4.69) is 35.5 Å². The Morgan fingerprint density at radius 1 is 0.938 bits per heavy atom. The van der Waals surface area contributed by atoms with Gasteiger partial charge in [-0.1, -0.05) is 38.0 Å². The Bertz CT molecular complexity index is 275. The van der Waals surface area contributed by atoms with Crippen LogP contribution in [0.5, 0.6) is 0 Å². The first-order valence-electron chi connectivity index (χ1n) is 6.34. The Morgan fingerprint density at radius 3 is 2.06 bits per heavy atom. The fourth-order valence-electron chi connectivity index (χ4n) is 1.70. The third-order valence-corrected chi connectivity index (χ3v) is 3.68. The summed E-state index contributed by atoms with van der Waals surface area (Å²) in [5.74, 6) is 0. The van der Waals surface area contributed by atoms with E-state index in [0.29, 0.717) is 0 Å². The molecular formula is C14H23NS. The summed E-state index contributed by atoms with van der Waals surface area (Å²) < 4.78 is 2.48.